The van der Waals surface area contributed by atoms with E-state index in [0.29, 0.717) is 43.4 Å². The molecule has 0 radical (unpaired) electrons. The van der Waals surface area contributed by atoms with Crippen LogP contribution in [0.4, 0.5) is 0 Å². The highest BCUT2D eigenvalue weighted by molar-refractivity contribution is 5.18. The summed E-state index contributed by atoms with van der Waals surface area (Å²) in [5, 5.41) is 96.2. The first-order valence-corrected chi connectivity index (χ1v) is 20.0. The molecule has 14 heteroatoms. The Hall–Kier alpha value is -0.820. The zero-order valence-electron chi connectivity index (χ0n) is 31.5. The van der Waals surface area contributed by atoms with E-state index in [1.807, 2.05) is 6.92 Å². The van der Waals surface area contributed by atoms with Gasteiger partial charge in [-0.15, -0.1) is 6.58 Å². The second kappa shape index (κ2) is 14.8. The third-order valence-corrected chi connectivity index (χ3v) is 15.5. The molecule has 4 saturated carbocycles. The molecule has 7 fully saturated rings. The predicted molar refractivity (Wildman–Crippen MR) is 186 cm³/mol. The molecule has 0 bridgehead atoms. The van der Waals surface area contributed by atoms with Crippen molar-refractivity contribution < 1.29 is 69.6 Å². The molecule has 14 nitrogen and oxygen atoms in total. The number of fused-ring (bicyclic) bond motifs is 7. The molecule has 0 unspecified atom stereocenters. The molecule has 0 aromatic carbocycles. The van der Waals surface area contributed by atoms with Crippen LogP contribution in [-0.4, -0.2) is 145 Å². The molecule has 0 aromatic heterocycles. The summed E-state index contributed by atoms with van der Waals surface area (Å²) in [6.07, 6.45) is -8.96. The van der Waals surface area contributed by atoms with E-state index in [2.05, 4.69) is 27.4 Å². The Bertz CT molecular complexity index is 1320. The van der Waals surface area contributed by atoms with E-state index in [4.69, 9.17) is 23.7 Å². The molecule has 22 atom stereocenters. The fraction of sp³-hybridized carbons (Fsp3) is 0.949. The van der Waals surface area contributed by atoms with Gasteiger partial charge in [-0.3, -0.25) is 0 Å². The van der Waals surface area contributed by atoms with E-state index >= 15 is 0 Å². The summed E-state index contributed by atoms with van der Waals surface area (Å²) in [7, 11) is 0. The summed E-state index contributed by atoms with van der Waals surface area (Å²) in [4.78, 5) is 0. The van der Waals surface area contributed by atoms with Crippen LogP contribution in [0.2, 0.25) is 0 Å². The number of aliphatic hydroxyl groups excluding tert-OH is 8. The van der Waals surface area contributed by atoms with Crippen LogP contribution in [0.15, 0.2) is 12.2 Å². The number of hydrogen-bond donors (Lipinski definition) is 9. The standard InChI is InChI=1S/C39H64O14/c1-17(2)8-13-39(48)18(3)25-33(53-39)29(44)26-21-7-6-19-14-20(9-11-37(19,4)22(21)10-12-38(25,26)5)49-36-34(31(46)28(43)24(16-41)51-36)52-35-32(47)30(45)27(42)23(15-40)50-35/h18-36,40-48H,1,6-16H2,2-5H3/t18-,19+,20-,21+,22-,23+,24+,25-,26+,27+,28-,29-,30-,31-,32+,33+,34+,35-,36+,37-,38+,39+/m0/s1. The SMILES string of the molecule is C=C(C)CC[C@@]1(O)O[C@H]2[C@@H](O)[C@H]3[C@@H]4CC[C@@H]5C[C@@H](O[C@@H]6O[C@H](CO)[C@H](O)[C@H](O)[C@H]6O[C@@H]6O[C@H](CO)[C@@H](O)[C@H](O)[C@H]6O)CC[C@]5(C)[C@H]4CC[C@]3(C)[C@H]2[C@@H]1C. The van der Waals surface area contributed by atoms with Crippen molar-refractivity contribution in [3.63, 3.8) is 0 Å². The summed E-state index contributed by atoms with van der Waals surface area (Å²) in [6, 6.07) is 0. The van der Waals surface area contributed by atoms with Crippen LogP contribution in [-0.2, 0) is 23.7 Å². The van der Waals surface area contributed by atoms with Gasteiger partial charge in [0.2, 0.25) is 0 Å². The molecule has 0 aromatic rings. The Labute approximate surface area is 312 Å². The quantitative estimate of drug-likeness (QED) is 0.114. The van der Waals surface area contributed by atoms with Crippen LogP contribution in [0, 0.1) is 46.3 Å². The average Bonchev–Trinajstić information content (AvgIpc) is 3.52. The lowest BCUT2D eigenvalue weighted by molar-refractivity contribution is -0.373. The summed E-state index contributed by atoms with van der Waals surface area (Å²) >= 11 is 0. The monoisotopic (exact) mass is 756 g/mol. The predicted octanol–water partition coefficient (Wildman–Crippen LogP) is 0.315. The fourth-order valence-electron chi connectivity index (χ4n) is 12.6. The molecule has 304 valence electrons. The van der Waals surface area contributed by atoms with Crippen molar-refractivity contribution in [2.24, 2.45) is 46.3 Å². The van der Waals surface area contributed by atoms with E-state index in [0.717, 1.165) is 37.7 Å². The molecule has 3 aliphatic heterocycles. The Morgan fingerprint density at radius 2 is 1.40 bits per heavy atom. The van der Waals surface area contributed by atoms with Gasteiger partial charge in [0, 0.05) is 18.3 Å². The number of rotatable bonds is 9. The van der Waals surface area contributed by atoms with Crippen molar-refractivity contribution in [3.05, 3.63) is 12.2 Å². The molecule has 53 heavy (non-hydrogen) atoms. The van der Waals surface area contributed by atoms with Crippen LogP contribution in [0.25, 0.3) is 0 Å². The minimum atomic E-state index is -1.74. The van der Waals surface area contributed by atoms with Gasteiger partial charge in [0.25, 0.3) is 0 Å². The third-order valence-electron chi connectivity index (χ3n) is 15.5. The van der Waals surface area contributed by atoms with Gasteiger partial charge in [-0.05, 0) is 92.8 Å². The molecule has 7 aliphatic rings. The number of hydrogen-bond acceptors (Lipinski definition) is 14. The lowest BCUT2D eigenvalue weighted by atomic mass is 9.44. The molecule has 3 heterocycles. The number of ether oxygens (including phenoxy) is 5. The average molecular weight is 757 g/mol. The van der Waals surface area contributed by atoms with Gasteiger partial charge >= 0.3 is 0 Å². The van der Waals surface area contributed by atoms with E-state index < -0.39 is 92.6 Å². The summed E-state index contributed by atoms with van der Waals surface area (Å²) in [5.74, 6) is -0.191. The van der Waals surface area contributed by atoms with Gasteiger partial charge in [-0.1, -0.05) is 26.3 Å². The molecular weight excluding hydrogens is 692 g/mol. The Balaban J connectivity index is 1.04. The van der Waals surface area contributed by atoms with Gasteiger partial charge in [-0.25, -0.2) is 0 Å². The maximum Gasteiger partial charge on any atom is 0.187 e. The lowest BCUT2D eigenvalue weighted by Gasteiger charge is -2.61. The highest BCUT2D eigenvalue weighted by atomic mass is 16.8. The molecule has 3 saturated heterocycles. The highest BCUT2D eigenvalue weighted by Crippen LogP contribution is 2.71. The Morgan fingerprint density at radius 3 is 2.06 bits per heavy atom. The van der Waals surface area contributed by atoms with Gasteiger partial charge in [-0.2, -0.15) is 0 Å². The molecule has 9 N–H and O–H groups in total. The lowest BCUT2D eigenvalue weighted by Crippen LogP contribution is -2.65. The van der Waals surface area contributed by atoms with Crippen LogP contribution >= 0.6 is 0 Å². The minimum absolute atomic E-state index is 0.000776. The third kappa shape index (κ3) is 6.58. The zero-order chi connectivity index (χ0) is 38.4. The van der Waals surface area contributed by atoms with Crippen molar-refractivity contribution in [1.82, 2.24) is 0 Å². The first kappa shape index (κ1) is 40.4. The number of aliphatic hydroxyl groups is 9. The first-order chi connectivity index (χ1) is 25.0. The summed E-state index contributed by atoms with van der Waals surface area (Å²) in [6.45, 7) is 11.5. The second-order valence-electron chi connectivity index (χ2n) is 18.3. The van der Waals surface area contributed by atoms with Crippen LogP contribution in [0.3, 0.4) is 0 Å². The smallest absolute Gasteiger partial charge is 0.187 e. The van der Waals surface area contributed by atoms with Crippen molar-refractivity contribution >= 4 is 0 Å². The minimum Gasteiger partial charge on any atom is -0.394 e. The number of allylic oxidation sites excluding steroid dienone is 1. The highest BCUT2D eigenvalue weighted by Gasteiger charge is 2.71. The molecular formula is C39H64O14. The van der Waals surface area contributed by atoms with E-state index in [1.165, 1.54) is 0 Å². The maximum atomic E-state index is 12.0. The van der Waals surface area contributed by atoms with E-state index in [-0.39, 0.29) is 34.7 Å². The fourth-order valence-corrected chi connectivity index (χ4v) is 12.6. The second-order valence-corrected chi connectivity index (χ2v) is 18.3. The normalized spacial score (nSPS) is 56.6. The topological polar surface area (TPSA) is 228 Å². The van der Waals surface area contributed by atoms with Gasteiger partial charge < -0.3 is 69.6 Å². The van der Waals surface area contributed by atoms with Crippen molar-refractivity contribution in [2.45, 2.75) is 171 Å². The molecule has 4 aliphatic carbocycles. The van der Waals surface area contributed by atoms with Gasteiger partial charge in [0.05, 0.1) is 31.5 Å². The molecule has 7 rings (SSSR count). The van der Waals surface area contributed by atoms with E-state index in [9.17, 15) is 46.0 Å². The van der Waals surface area contributed by atoms with Gasteiger partial charge in [0.15, 0.2) is 18.4 Å². The van der Waals surface area contributed by atoms with Crippen molar-refractivity contribution in [2.75, 3.05) is 13.2 Å². The van der Waals surface area contributed by atoms with Crippen LogP contribution in [0.1, 0.15) is 85.5 Å². The molecule has 0 amide bonds. The van der Waals surface area contributed by atoms with Crippen molar-refractivity contribution in [3.8, 4) is 0 Å². The Morgan fingerprint density at radius 1 is 0.755 bits per heavy atom. The van der Waals surface area contributed by atoms with Gasteiger partial charge in [0.1, 0.15) is 48.8 Å². The van der Waals surface area contributed by atoms with Crippen LogP contribution in [0.5, 0.6) is 0 Å². The maximum absolute atomic E-state index is 12.0. The Kier molecular flexibility index (Phi) is 11.3. The first-order valence-electron chi connectivity index (χ1n) is 20.0. The van der Waals surface area contributed by atoms with Crippen molar-refractivity contribution in [1.29, 1.82) is 0 Å². The zero-order valence-corrected chi connectivity index (χ0v) is 31.5. The van der Waals surface area contributed by atoms with E-state index in [1.54, 1.807) is 0 Å². The summed E-state index contributed by atoms with van der Waals surface area (Å²) in [5.41, 5.74) is 0.851. The molecule has 0 spiro atoms. The largest absolute Gasteiger partial charge is 0.394 e. The van der Waals surface area contributed by atoms with Crippen LogP contribution < -0.4 is 0 Å². The summed E-state index contributed by atoms with van der Waals surface area (Å²) < 4.78 is 30.3.